The highest BCUT2D eigenvalue weighted by Crippen LogP contribution is 2.43. The summed E-state index contributed by atoms with van der Waals surface area (Å²) in [5.41, 5.74) is -0.0334. The Balaban J connectivity index is 2.40. The molecule has 0 fully saturated rings. The number of methoxy groups -OCH3 is 5. The van der Waals surface area contributed by atoms with Gasteiger partial charge in [-0.15, -0.1) is 0 Å². The van der Waals surface area contributed by atoms with Gasteiger partial charge in [-0.1, -0.05) is 0 Å². The molecule has 8 nitrogen and oxygen atoms in total. The fraction of sp³-hybridized carbons (Fsp3) is 0.250. The molecule has 0 aliphatic carbocycles. The van der Waals surface area contributed by atoms with Crippen LogP contribution in [0.3, 0.4) is 0 Å². The number of aromatic hydroxyl groups is 1. The Morgan fingerprint density at radius 2 is 1.43 bits per heavy atom. The van der Waals surface area contributed by atoms with Gasteiger partial charge in [-0.05, 0) is 6.07 Å². The van der Waals surface area contributed by atoms with Crippen molar-refractivity contribution in [2.24, 2.45) is 0 Å². The van der Waals surface area contributed by atoms with Gasteiger partial charge in [0, 0.05) is 18.2 Å². The van der Waals surface area contributed by atoms with E-state index < -0.39 is 5.43 Å². The normalized spacial score (nSPS) is 10.6. The molecule has 28 heavy (non-hydrogen) atoms. The molecule has 148 valence electrons. The van der Waals surface area contributed by atoms with Gasteiger partial charge in [0.25, 0.3) is 0 Å². The lowest BCUT2D eigenvalue weighted by Crippen LogP contribution is -2.09. The summed E-state index contributed by atoms with van der Waals surface area (Å²) in [4.78, 5) is 13.1. The summed E-state index contributed by atoms with van der Waals surface area (Å²) in [6.45, 7) is 0. The van der Waals surface area contributed by atoms with Crippen molar-refractivity contribution in [2.45, 2.75) is 0 Å². The number of fused-ring (bicyclic) bond motifs is 1. The van der Waals surface area contributed by atoms with Crippen LogP contribution in [0.15, 0.2) is 33.5 Å². The predicted octanol–water partition coefficient (Wildman–Crippen LogP) is 3.21. The van der Waals surface area contributed by atoms with E-state index in [0.29, 0.717) is 17.2 Å². The van der Waals surface area contributed by atoms with Crippen molar-refractivity contribution in [2.75, 3.05) is 35.5 Å². The average molecular weight is 388 g/mol. The summed E-state index contributed by atoms with van der Waals surface area (Å²) >= 11 is 0. The summed E-state index contributed by atoms with van der Waals surface area (Å²) < 4.78 is 32.3. The maximum atomic E-state index is 13.1. The van der Waals surface area contributed by atoms with Crippen molar-refractivity contribution in [1.29, 1.82) is 0 Å². The molecule has 3 aromatic rings. The first-order valence-electron chi connectivity index (χ1n) is 8.21. The molecule has 1 N–H and O–H groups in total. The van der Waals surface area contributed by atoms with E-state index in [1.54, 1.807) is 12.1 Å². The van der Waals surface area contributed by atoms with Gasteiger partial charge < -0.3 is 33.2 Å². The number of ether oxygens (including phenoxy) is 5. The standard InChI is InChI=1S/C20H20O8/c1-23-10-6-15(26-4)17-16(7-10)28-19(20(27-5)18(17)22)11-8-13(24-2)14(25-3)9-12(11)21/h6-9,21H,1-5H3. The molecule has 0 aliphatic rings. The minimum absolute atomic E-state index is 0.0359. The highest BCUT2D eigenvalue weighted by Gasteiger charge is 2.24. The van der Waals surface area contributed by atoms with Gasteiger partial charge in [-0.25, -0.2) is 0 Å². The van der Waals surface area contributed by atoms with Crippen LogP contribution in [0.1, 0.15) is 0 Å². The van der Waals surface area contributed by atoms with Gasteiger partial charge in [0.1, 0.15) is 28.2 Å². The molecule has 0 saturated carbocycles. The molecule has 0 radical (unpaired) electrons. The van der Waals surface area contributed by atoms with E-state index in [9.17, 15) is 9.90 Å². The zero-order chi connectivity index (χ0) is 20.4. The summed E-state index contributed by atoms with van der Waals surface area (Å²) in [6, 6.07) is 5.99. The van der Waals surface area contributed by atoms with Crippen LogP contribution in [0.2, 0.25) is 0 Å². The lowest BCUT2D eigenvalue weighted by molar-refractivity contribution is 0.351. The smallest absolute Gasteiger partial charge is 0.239 e. The molecule has 2 aromatic carbocycles. The van der Waals surface area contributed by atoms with E-state index in [-0.39, 0.29) is 39.5 Å². The quantitative estimate of drug-likeness (QED) is 0.688. The summed E-state index contributed by atoms with van der Waals surface area (Å²) in [5.74, 6) is 1.18. The minimum atomic E-state index is -0.451. The van der Waals surface area contributed by atoms with Crippen LogP contribution in [0, 0.1) is 0 Å². The number of hydrogen-bond donors (Lipinski definition) is 1. The number of phenolic OH excluding ortho intramolecular Hbond substituents is 1. The maximum absolute atomic E-state index is 13.1. The van der Waals surface area contributed by atoms with E-state index in [1.165, 1.54) is 47.7 Å². The second-order valence-corrected chi connectivity index (χ2v) is 5.72. The van der Waals surface area contributed by atoms with Crippen LogP contribution >= 0.6 is 0 Å². The van der Waals surface area contributed by atoms with Gasteiger partial charge >= 0.3 is 0 Å². The third-order valence-corrected chi connectivity index (χ3v) is 4.30. The van der Waals surface area contributed by atoms with E-state index in [2.05, 4.69) is 0 Å². The molecule has 0 aliphatic heterocycles. The molecule has 0 spiro atoms. The molecule has 3 rings (SSSR count). The highest BCUT2D eigenvalue weighted by atomic mass is 16.5. The molecular formula is C20H20O8. The predicted molar refractivity (Wildman–Crippen MR) is 102 cm³/mol. The van der Waals surface area contributed by atoms with Gasteiger partial charge in [0.15, 0.2) is 17.3 Å². The first-order chi connectivity index (χ1) is 13.5. The molecule has 0 atom stereocenters. The van der Waals surface area contributed by atoms with Gasteiger partial charge in [-0.3, -0.25) is 4.79 Å². The lowest BCUT2D eigenvalue weighted by atomic mass is 10.1. The third-order valence-electron chi connectivity index (χ3n) is 4.30. The summed E-state index contributed by atoms with van der Waals surface area (Å²) in [6.07, 6.45) is 0. The van der Waals surface area contributed by atoms with Crippen molar-refractivity contribution in [1.82, 2.24) is 0 Å². The van der Waals surface area contributed by atoms with E-state index in [1.807, 2.05) is 0 Å². The number of phenols is 1. The average Bonchev–Trinajstić information content (AvgIpc) is 2.72. The van der Waals surface area contributed by atoms with Crippen LogP contribution in [0.25, 0.3) is 22.3 Å². The van der Waals surface area contributed by atoms with Crippen LogP contribution in [-0.2, 0) is 0 Å². The number of benzene rings is 2. The Morgan fingerprint density at radius 3 is 2.00 bits per heavy atom. The van der Waals surface area contributed by atoms with Crippen LogP contribution in [0.5, 0.6) is 34.5 Å². The first kappa shape index (κ1) is 19.2. The van der Waals surface area contributed by atoms with Gasteiger partial charge in [0.2, 0.25) is 11.2 Å². The molecule has 0 saturated heterocycles. The van der Waals surface area contributed by atoms with Crippen LogP contribution in [0.4, 0.5) is 0 Å². The zero-order valence-electron chi connectivity index (χ0n) is 16.1. The van der Waals surface area contributed by atoms with Gasteiger partial charge in [-0.2, -0.15) is 0 Å². The number of rotatable bonds is 6. The Kier molecular flexibility index (Phi) is 5.21. The lowest BCUT2D eigenvalue weighted by Gasteiger charge is -2.15. The van der Waals surface area contributed by atoms with Crippen LogP contribution in [-0.4, -0.2) is 40.7 Å². The largest absolute Gasteiger partial charge is 0.507 e. The zero-order valence-corrected chi connectivity index (χ0v) is 16.1. The SMILES string of the molecule is COc1cc(OC)c2c(=O)c(OC)c(-c3cc(OC)c(OC)cc3O)oc2c1. The topological polar surface area (TPSA) is 96.6 Å². The Hall–Kier alpha value is -3.55. The van der Waals surface area contributed by atoms with Crippen molar-refractivity contribution < 1.29 is 33.2 Å². The van der Waals surface area contributed by atoms with Crippen molar-refractivity contribution in [3.8, 4) is 45.8 Å². The van der Waals surface area contributed by atoms with E-state index in [4.69, 9.17) is 28.1 Å². The van der Waals surface area contributed by atoms with Crippen molar-refractivity contribution in [3.63, 3.8) is 0 Å². The molecule has 1 aromatic heterocycles. The second-order valence-electron chi connectivity index (χ2n) is 5.72. The third kappa shape index (κ3) is 3.02. The summed E-state index contributed by atoms with van der Waals surface area (Å²) in [7, 11) is 7.18. The Bertz CT molecular complexity index is 1080. The van der Waals surface area contributed by atoms with E-state index >= 15 is 0 Å². The fourth-order valence-corrected chi connectivity index (χ4v) is 2.93. The fourth-order valence-electron chi connectivity index (χ4n) is 2.93. The molecule has 1 heterocycles. The highest BCUT2D eigenvalue weighted by molar-refractivity contribution is 5.89. The van der Waals surface area contributed by atoms with Gasteiger partial charge in [0.05, 0.1) is 41.1 Å². The first-order valence-corrected chi connectivity index (χ1v) is 8.21. The summed E-state index contributed by atoms with van der Waals surface area (Å²) in [5, 5.41) is 10.7. The maximum Gasteiger partial charge on any atom is 0.239 e. The molecule has 0 unspecified atom stereocenters. The Labute approximate surface area is 160 Å². The minimum Gasteiger partial charge on any atom is -0.507 e. The molecule has 0 amide bonds. The van der Waals surface area contributed by atoms with E-state index in [0.717, 1.165) is 0 Å². The second kappa shape index (κ2) is 7.59. The van der Waals surface area contributed by atoms with Crippen molar-refractivity contribution >= 4 is 11.0 Å². The molecule has 8 heteroatoms. The molecular weight excluding hydrogens is 368 g/mol. The monoisotopic (exact) mass is 388 g/mol. The number of hydrogen-bond acceptors (Lipinski definition) is 8. The van der Waals surface area contributed by atoms with Crippen LogP contribution < -0.4 is 29.1 Å². The molecule has 0 bridgehead atoms. The van der Waals surface area contributed by atoms with Crippen molar-refractivity contribution in [3.05, 3.63) is 34.5 Å². The Morgan fingerprint density at radius 1 is 0.786 bits per heavy atom.